The molecule has 0 aliphatic carbocycles. The van der Waals surface area contributed by atoms with Crippen molar-refractivity contribution in [3.05, 3.63) is 182 Å². The van der Waals surface area contributed by atoms with E-state index in [4.69, 9.17) is 8.83 Å². The number of rotatable bonds is 4. The molecule has 252 valence electrons. The van der Waals surface area contributed by atoms with Crippen LogP contribution in [0.25, 0.3) is 110 Å². The molecule has 0 spiro atoms. The van der Waals surface area contributed by atoms with Crippen LogP contribution in [0.2, 0.25) is 0 Å². The van der Waals surface area contributed by atoms with E-state index in [1.165, 1.54) is 21.7 Å². The van der Waals surface area contributed by atoms with E-state index in [0.29, 0.717) is 0 Å². The summed E-state index contributed by atoms with van der Waals surface area (Å²) < 4.78 is 17.6. The van der Waals surface area contributed by atoms with Crippen molar-refractivity contribution in [2.24, 2.45) is 0 Å². The van der Waals surface area contributed by atoms with Gasteiger partial charge in [-0.25, -0.2) is 0 Å². The van der Waals surface area contributed by atoms with E-state index in [-0.39, 0.29) is 0 Å². The molecule has 0 bridgehead atoms. The van der Waals surface area contributed by atoms with Gasteiger partial charge in [-0.2, -0.15) is 0 Å². The summed E-state index contributed by atoms with van der Waals surface area (Å²) in [6, 6.07) is 64.7. The van der Waals surface area contributed by atoms with E-state index in [0.717, 1.165) is 88.7 Å². The number of aromatic nitrogens is 2. The number of hydrogen-bond acceptors (Lipinski definition) is 2. The molecule has 4 heterocycles. The molecule has 0 N–H and O–H groups in total. The molecule has 0 saturated heterocycles. The smallest absolute Gasteiger partial charge is 0.213 e. The lowest BCUT2D eigenvalue weighted by Crippen LogP contribution is -1.94. The zero-order valence-electron chi connectivity index (χ0n) is 29.0. The predicted octanol–water partition coefficient (Wildman–Crippen LogP) is 13.9. The van der Waals surface area contributed by atoms with Crippen LogP contribution in [0, 0.1) is 0 Å². The quantitative estimate of drug-likeness (QED) is 0.184. The molecular weight excluding hydrogens is 661 g/mol. The van der Waals surface area contributed by atoms with Gasteiger partial charge in [-0.05, 0) is 95.1 Å². The van der Waals surface area contributed by atoms with Gasteiger partial charge in [0.2, 0.25) is 5.71 Å². The van der Waals surface area contributed by atoms with Crippen molar-refractivity contribution in [2.45, 2.75) is 0 Å². The first kappa shape index (κ1) is 29.3. The van der Waals surface area contributed by atoms with E-state index < -0.39 is 0 Å². The van der Waals surface area contributed by atoms with Gasteiger partial charge in [0.1, 0.15) is 16.7 Å². The zero-order chi connectivity index (χ0) is 35.3. The molecule has 0 unspecified atom stereocenters. The topological polar surface area (TPSA) is 36.1 Å². The average Bonchev–Trinajstić information content (AvgIpc) is 3.97. The number of fused-ring (bicyclic) bond motifs is 11. The molecule has 12 aromatic rings. The Balaban J connectivity index is 1.04. The molecule has 0 aliphatic rings. The number of nitrogens with zero attached hydrogens (tertiary/aromatic N) is 2. The second kappa shape index (κ2) is 11.1. The number of para-hydroxylation sites is 4. The maximum Gasteiger partial charge on any atom is 0.213 e. The Morgan fingerprint density at radius 2 is 0.963 bits per heavy atom. The summed E-state index contributed by atoms with van der Waals surface area (Å²) in [5.41, 5.74) is 13.8. The van der Waals surface area contributed by atoms with Crippen LogP contribution < -0.4 is 0 Å². The van der Waals surface area contributed by atoms with Crippen molar-refractivity contribution < 1.29 is 8.83 Å². The normalized spacial score (nSPS) is 12.1. The largest absolute Gasteiger partial charge is 0.456 e. The number of furan rings is 2. The Morgan fingerprint density at radius 3 is 1.85 bits per heavy atom. The summed E-state index contributed by atoms with van der Waals surface area (Å²) in [6.07, 6.45) is 0. The molecule has 0 aliphatic heterocycles. The molecule has 0 fully saturated rings. The summed E-state index contributed by atoms with van der Waals surface area (Å²) >= 11 is 0. The molecule has 12 rings (SSSR count). The van der Waals surface area contributed by atoms with Gasteiger partial charge in [-0.1, -0.05) is 109 Å². The molecule has 4 aromatic heterocycles. The standard InChI is InChI=1S/C50H30N2O2/c1-2-13-34(14-3-1)52-43-21-8-5-18-40(43)49-48-36(19-11-23-46(48)54-50(49)52)33-12-10-15-35(28-33)51-42-20-7-4-16-37(42)41-29-31(25-27-44(41)51)32-24-26-39-38-17-6-9-22-45(38)53-47(39)30-32/h1-30H. The van der Waals surface area contributed by atoms with Crippen LogP contribution >= 0.6 is 0 Å². The van der Waals surface area contributed by atoms with Gasteiger partial charge in [-0.3, -0.25) is 4.57 Å². The highest BCUT2D eigenvalue weighted by Gasteiger charge is 2.22. The first-order valence-corrected chi connectivity index (χ1v) is 18.3. The summed E-state index contributed by atoms with van der Waals surface area (Å²) in [5, 5.41) is 8.16. The van der Waals surface area contributed by atoms with Crippen LogP contribution in [-0.4, -0.2) is 9.13 Å². The maximum atomic E-state index is 6.74. The van der Waals surface area contributed by atoms with E-state index in [2.05, 4.69) is 179 Å². The fourth-order valence-corrected chi connectivity index (χ4v) is 8.76. The molecule has 8 aromatic carbocycles. The van der Waals surface area contributed by atoms with Crippen molar-refractivity contribution in [3.63, 3.8) is 0 Å². The van der Waals surface area contributed by atoms with Gasteiger partial charge in [0.15, 0.2) is 0 Å². The first-order chi connectivity index (χ1) is 26.8. The van der Waals surface area contributed by atoms with Crippen molar-refractivity contribution in [3.8, 4) is 33.6 Å². The van der Waals surface area contributed by atoms with E-state index in [1.54, 1.807) is 0 Å². The van der Waals surface area contributed by atoms with E-state index in [9.17, 15) is 0 Å². The van der Waals surface area contributed by atoms with Crippen molar-refractivity contribution in [1.82, 2.24) is 9.13 Å². The molecule has 4 heteroatoms. The van der Waals surface area contributed by atoms with Gasteiger partial charge in [0, 0.05) is 43.7 Å². The molecule has 0 saturated carbocycles. The Labute approximate surface area is 309 Å². The van der Waals surface area contributed by atoms with Crippen LogP contribution in [0.1, 0.15) is 0 Å². The highest BCUT2D eigenvalue weighted by atomic mass is 16.3. The van der Waals surface area contributed by atoms with E-state index >= 15 is 0 Å². The Morgan fingerprint density at radius 1 is 0.315 bits per heavy atom. The van der Waals surface area contributed by atoms with Gasteiger partial charge >= 0.3 is 0 Å². The third-order valence-electron chi connectivity index (χ3n) is 11.1. The van der Waals surface area contributed by atoms with Crippen LogP contribution in [0.3, 0.4) is 0 Å². The molecule has 0 atom stereocenters. The highest BCUT2D eigenvalue weighted by Crippen LogP contribution is 2.44. The van der Waals surface area contributed by atoms with Crippen molar-refractivity contribution in [1.29, 1.82) is 0 Å². The Kier molecular flexibility index (Phi) is 6.02. The number of benzene rings is 8. The Hall–Kier alpha value is -7.30. The monoisotopic (exact) mass is 690 g/mol. The minimum atomic E-state index is 0.860. The van der Waals surface area contributed by atoms with Gasteiger partial charge < -0.3 is 13.4 Å². The summed E-state index contributed by atoms with van der Waals surface area (Å²) in [7, 11) is 0. The fourth-order valence-electron chi connectivity index (χ4n) is 8.76. The summed E-state index contributed by atoms with van der Waals surface area (Å²) in [6.45, 7) is 0. The third kappa shape index (κ3) is 4.13. The summed E-state index contributed by atoms with van der Waals surface area (Å²) in [4.78, 5) is 0. The highest BCUT2D eigenvalue weighted by molar-refractivity contribution is 6.23. The molecule has 0 radical (unpaired) electrons. The predicted molar refractivity (Wildman–Crippen MR) is 223 cm³/mol. The Bertz CT molecular complexity index is 3450. The summed E-state index contributed by atoms with van der Waals surface area (Å²) in [5.74, 6) is 0. The lowest BCUT2D eigenvalue weighted by molar-refractivity contribution is 0.645. The second-order valence-electron chi connectivity index (χ2n) is 14.1. The van der Waals surface area contributed by atoms with Crippen molar-refractivity contribution >= 4 is 76.7 Å². The van der Waals surface area contributed by atoms with E-state index in [1.807, 2.05) is 12.1 Å². The lowest BCUT2D eigenvalue weighted by atomic mass is 9.98. The average molecular weight is 691 g/mol. The third-order valence-corrected chi connectivity index (χ3v) is 11.1. The van der Waals surface area contributed by atoms with Gasteiger partial charge in [-0.15, -0.1) is 0 Å². The minimum Gasteiger partial charge on any atom is -0.456 e. The zero-order valence-corrected chi connectivity index (χ0v) is 29.0. The maximum absolute atomic E-state index is 6.74. The van der Waals surface area contributed by atoms with Gasteiger partial charge in [0.25, 0.3) is 0 Å². The van der Waals surface area contributed by atoms with Crippen LogP contribution in [-0.2, 0) is 0 Å². The fraction of sp³-hybridized carbons (Fsp3) is 0. The molecule has 54 heavy (non-hydrogen) atoms. The first-order valence-electron chi connectivity index (χ1n) is 18.3. The van der Waals surface area contributed by atoms with Gasteiger partial charge in [0.05, 0.1) is 21.9 Å². The molecule has 4 nitrogen and oxygen atoms in total. The van der Waals surface area contributed by atoms with Crippen LogP contribution in [0.5, 0.6) is 0 Å². The number of hydrogen-bond donors (Lipinski definition) is 0. The van der Waals surface area contributed by atoms with Crippen LogP contribution in [0.15, 0.2) is 191 Å². The van der Waals surface area contributed by atoms with Crippen molar-refractivity contribution in [2.75, 3.05) is 0 Å². The molecule has 0 amide bonds. The molecular formula is C50H30N2O2. The second-order valence-corrected chi connectivity index (χ2v) is 14.1. The lowest BCUT2D eigenvalue weighted by Gasteiger charge is -2.11. The SMILES string of the molecule is c1ccc(-n2c3ccccc3c3c4c(-c5cccc(-n6c7ccccc7c7cc(-c8ccc9c(c8)oc8ccccc89)ccc76)c5)cccc4oc32)cc1. The minimum absolute atomic E-state index is 0.860. The van der Waals surface area contributed by atoms with Crippen LogP contribution in [0.4, 0.5) is 0 Å².